The van der Waals surface area contributed by atoms with Crippen LogP contribution in [-0.2, 0) is 9.05 Å². The van der Waals surface area contributed by atoms with Crippen molar-refractivity contribution in [2.24, 2.45) is 0 Å². The topological polar surface area (TPSA) is 109 Å². The van der Waals surface area contributed by atoms with E-state index in [1.165, 1.54) is 0 Å². The van der Waals surface area contributed by atoms with Crippen molar-refractivity contribution in [3.8, 4) is 11.6 Å². The Kier molecular flexibility index (Phi) is 4.29. The minimum atomic E-state index is -5.30. The fourth-order valence-corrected chi connectivity index (χ4v) is 2.25. The quantitative estimate of drug-likeness (QED) is 0.468. The van der Waals surface area contributed by atoms with Gasteiger partial charge in [0.25, 0.3) is 9.05 Å². The SMILES string of the molecule is COc1cc(OC(F)(F)F)c(S(=O)(=O)Cl)c([N+](=O)[O-])n1. The van der Waals surface area contributed by atoms with Crippen molar-refractivity contribution in [1.29, 1.82) is 0 Å². The van der Waals surface area contributed by atoms with Crippen LogP contribution in [0.3, 0.4) is 0 Å². The van der Waals surface area contributed by atoms with E-state index in [0.29, 0.717) is 6.07 Å². The summed E-state index contributed by atoms with van der Waals surface area (Å²) < 4.78 is 66.8. The molecule has 13 heteroatoms. The Labute approximate surface area is 113 Å². The Morgan fingerprint density at radius 1 is 1.45 bits per heavy atom. The molecule has 0 saturated carbocycles. The van der Waals surface area contributed by atoms with Gasteiger partial charge in [0.1, 0.15) is 0 Å². The lowest BCUT2D eigenvalue weighted by Crippen LogP contribution is -2.19. The van der Waals surface area contributed by atoms with Crippen LogP contribution in [0.4, 0.5) is 19.0 Å². The third kappa shape index (κ3) is 3.84. The van der Waals surface area contributed by atoms with E-state index in [9.17, 15) is 31.7 Å². The first kappa shape index (κ1) is 16.2. The summed E-state index contributed by atoms with van der Waals surface area (Å²) in [5.41, 5.74) is 0. The summed E-state index contributed by atoms with van der Waals surface area (Å²) in [5.74, 6) is -3.51. The molecule has 1 heterocycles. The van der Waals surface area contributed by atoms with Gasteiger partial charge < -0.3 is 19.6 Å². The predicted molar refractivity (Wildman–Crippen MR) is 57.2 cm³/mol. The van der Waals surface area contributed by atoms with E-state index in [-0.39, 0.29) is 0 Å². The smallest absolute Gasteiger partial charge is 0.463 e. The molecule has 0 fully saturated rings. The van der Waals surface area contributed by atoms with Gasteiger partial charge in [0.15, 0.2) is 5.75 Å². The fraction of sp³-hybridized carbons (Fsp3) is 0.286. The minimum Gasteiger partial charge on any atom is -0.463 e. The molecule has 0 aromatic carbocycles. The van der Waals surface area contributed by atoms with E-state index in [0.717, 1.165) is 7.11 Å². The van der Waals surface area contributed by atoms with Crippen molar-refractivity contribution in [3.63, 3.8) is 0 Å². The lowest BCUT2D eigenvalue weighted by Gasteiger charge is -2.11. The maximum atomic E-state index is 12.2. The summed E-state index contributed by atoms with van der Waals surface area (Å²) in [5, 5.41) is 10.7. The van der Waals surface area contributed by atoms with Crippen LogP contribution < -0.4 is 9.47 Å². The molecule has 0 atom stereocenters. The third-order valence-electron chi connectivity index (χ3n) is 1.75. The number of rotatable bonds is 4. The normalized spacial score (nSPS) is 12.1. The number of hydrogen-bond acceptors (Lipinski definition) is 7. The van der Waals surface area contributed by atoms with Crippen LogP contribution in [0.1, 0.15) is 0 Å². The molecule has 112 valence electrons. The molecule has 0 N–H and O–H groups in total. The minimum absolute atomic E-state index is 0.412. The molecule has 1 rings (SSSR count). The first-order chi connectivity index (χ1) is 8.95. The van der Waals surface area contributed by atoms with Crippen molar-refractivity contribution < 1.29 is 36.0 Å². The molecule has 0 saturated heterocycles. The number of alkyl halides is 3. The molecule has 0 amide bonds. The number of nitro groups is 1. The average molecular weight is 337 g/mol. The van der Waals surface area contributed by atoms with Gasteiger partial charge in [-0.05, 0) is 4.92 Å². The summed E-state index contributed by atoms with van der Waals surface area (Å²) in [6.07, 6.45) is -5.30. The van der Waals surface area contributed by atoms with Gasteiger partial charge in [-0.2, -0.15) is 0 Å². The van der Waals surface area contributed by atoms with Crippen LogP contribution in [0.2, 0.25) is 0 Å². The molecular weight excluding hydrogens is 333 g/mol. The Hall–Kier alpha value is -1.82. The molecule has 0 unspecified atom stereocenters. The molecule has 8 nitrogen and oxygen atoms in total. The number of aromatic nitrogens is 1. The number of ether oxygens (including phenoxy) is 2. The molecule has 0 bridgehead atoms. The maximum Gasteiger partial charge on any atom is 0.573 e. The summed E-state index contributed by atoms with van der Waals surface area (Å²) in [7, 11) is 0.915. The number of hydrogen-bond donors (Lipinski definition) is 0. The second kappa shape index (κ2) is 5.28. The Morgan fingerprint density at radius 2 is 2.00 bits per heavy atom. The highest BCUT2D eigenvalue weighted by Crippen LogP contribution is 2.39. The van der Waals surface area contributed by atoms with Gasteiger partial charge in [-0.1, -0.05) is 0 Å². The van der Waals surface area contributed by atoms with Gasteiger partial charge in [0.05, 0.1) is 13.2 Å². The van der Waals surface area contributed by atoms with Gasteiger partial charge in [0.2, 0.25) is 4.90 Å². The van der Waals surface area contributed by atoms with Gasteiger partial charge in [0, 0.05) is 15.7 Å². The van der Waals surface area contributed by atoms with E-state index in [1.807, 2.05) is 0 Å². The zero-order valence-electron chi connectivity index (χ0n) is 9.34. The van der Waals surface area contributed by atoms with Crippen LogP contribution in [0.5, 0.6) is 11.6 Å². The zero-order valence-corrected chi connectivity index (χ0v) is 10.9. The van der Waals surface area contributed by atoms with Crippen LogP contribution in [0, 0.1) is 10.1 Å². The van der Waals surface area contributed by atoms with Crippen LogP contribution in [0.15, 0.2) is 11.0 Å². The molecule has 0 spiro atoms. The van der Waals surface area contributed by atoms with Crippen molar-refractivity contribution in [2.45, 2.75) is 11.3 Å². The van der Waals surface area contributed by atoms with Gasteiger partial charge >= 0.3 is 18.1 Å². The van der Waals surface area contributed by atoms with E-state index < -0.39 is 42.7 Å². The van der Waals surface area contributed by atoms with Crippen LogP contribution in [-0.4, -0.2) is 31.8 Å². The van der Waals surface area contributed by atoms with Crippen molar-refractivity contribution in [3.05, 3.63) is 16.2 Å². The molecule has 1 aromatic rings. The molecular formula is C7H4ClF3N2O6S. The highest BCUT2D eigenvalue weighted by molar-refractivity contribution is 8.14. The Bertz CT molecular complexity index is 647. The highest BCUT2D eigenvalue weighted by Gasteiger charge is 2.39. The van der Waals surface area contributed by atoms with E-state index in [1.54, 1.807) is 0 Å². The van der Waals surface area contributed by atoms with Crippen LogP contribution >= 0.6 is 10.7 Å². The van der Waals surface area contributed by atoms with Crippen molar-refractivity contribution in [1.82, 2.24) is 4.98 Å². The monoisotopic (exact) mass is 336 g/mol. The van der Waals surface area contributed by atoms with E-state index >= 15 is 0 Å². The lowest BCUT2D eigenvalue weighted by atomic mass is 10.4. The van der Waals surface area contributed by atoms with Gasteiger partial charge in [-0.15, -0.1) is 13.2 Å². The second-order valence-corrected chi connectivity index (χ2v) is 5.56. The number of pyridine rings is 1. The zero-order chi connectivity index (χ0) is 15.7. The largest absolute Gasteiger partial charge is 0.573 e. The summed E-state index contributed by atoms with van der Waals surface area (Å²) >= 11 is 0. The predicted octanol–water partition coefficient (Wildman–Crippen LogP) is 1.82. The third-order valence-corrected chi connectivity index (χ3v) is 3.08. The van der Waals surface area contributed by atoms with E-state index in [2.05, 4.69) is 14.5 Å². The number of methoxy groups -OCH3 is 1. The second-order valence-electron chi connectivity index (χ2n) is 3.06. The number of halogens is 4. The Morgan fingerprint density at radius 3 is 2.35 bits per heavy atom. The molecule has 1 aromatic heterocycles. The highest BCUT2D eigenvalue weighted by atomic mass is 35.7. The summed E-state index contributed by atoms with van der Waals surface area (Å²) in [6.45, 7) is 0. The van der Waals surface area contributed by atoms with Crippen molar-refractivity contribution >= 4 is 25.6 Å². The first-order valence-electron chi connectivity index (χ1n) is 4.39. The van der Waals surface area contributed by atoms with Gasteiger partial charge in [-0.3, -0.25) is 0 Å². The molecule has 0 aliphatic carbocycles. The lowest BCUT2D eigenvalue weighted by molar-refractivity contribution is -0.393. The molecule has 0 aliphatic rings. The van der Waals surface area contributed by atoms with E-state index in [4.69, 9.17) is 10.7 Å². The number of nitrogens with zero attached hydrogens (tertiary/aromatic N) is 2. The maximum absolute atomic E-state index is 12.2. The average Bonchev–Trinajstić information content (AvgIpc) is 2.23. The Balaban J connectivity index is 3.69. The standard InChI is InChI=1S/C7H4ClF3N2O6S/c1-18-4-2-3(19-7(9,10)11)5(20(8,16)17)6(12-4)13(14)15/h2H,1H3. The summed E-state index contributed by atoms with van der Waals surface area (Å²) in [6, 6.07) is 0.412. The molecule has 20 heavy (non-hydrogen) atoms. The molecule has 0 radical (unpaired) electrons. The summed E-state index contributed by atoms with van der Waals surface area (Å²) in [4.78, 5) is 11.0. The van der Waals surface area contributed by atoms with Crippen LogP contribution in [0.25, 0.3) is 0 Å². The van der Waals surface area contributed by atoms with Crippen molar-refractivity contribution in [2.75, 3.05) is 7.11 Å². The van der Waals surface area contributed by atoms with Gasteiger partial charge in [-0.25, -0.2) is 8.42 Å². The fourth-order valence-electron chi connectivity index (χ4n) is 1.13. The first-order valence-corrected chi connectivity index (χ1v) is 6.70. The molecule has 0 aliphatic heterocycles.